The van der Waals surface area contributed by atoms with E-state index in [-0.39, 0.29) is 5.92 Å². The molecule has 0 bridgehead atoms. The molecule has 4 nitrogen and oxygen atoms in total. The Kier molecular flexibility index (Phi) is 5.40. The zero-order valence-electron chi connectivity index (χ0n) is 10.9. The van der Waals surface area contributed by atoms with Gasteiger partial charge in [0.2, 0.25) is 0 Å². The molecular formula is C13H25NO3. The Morgan fingerprint density at radius 2 is 1.76 bits per heavy atom. The van der Waals surface area contributed by atoms with E-state index in [1.807, 2.05) is 13.8 Å². The van der Waals surface area contributed by atoms with Gasteiger partial charge >= 0.3 is 5.97 Å². The lowest BCUT2D eigenvalue weighted by Crippen LogP contribution is -2.45. The van der Waals surface area contributed by atoms with E-state index in [1.54, 1.807) is 0 Å². The van der Waals surface area contributed by atoms with Crippen molar-refractivity contribution in [2.45, 2.75) is 64.0 Å². The van der Waals surface area contributed by atoms with Gasteiger partial charge in [-0.3, -0.25) is 4.79 Å². The third-order valence-electron chi connectivity index (χ3n) is 4.11. The zero-order valence-corrected chi connectivity index (χ0v) is 10.9. The molecule has 0 radical (unpaired) electrons. The highest BCUT2D eigenvalue weighted by atomic mass is 16.4. The molecule has 0 spiro atoms. The first-order valence-electron chi connectivity index (χ1n) is 6.69. The summed E-state index contributed by atoms with van der Waals surface area (Å²) in [5.41, 5.74) is -0.607. The van der Waals surface area contributed by atoms with Gasteiger partial charge in [0.05, 0.1) is 11.5 Å². The fraction of sp³-hybridized carbons (Fsp3) is 0.923. The Bertz CT molecular complexity index is 243. The molecule has 1 rings (SSSR count). The van der Waals surface area contributed by atoms with Crippen LogP contribution >= 0.6 is 0 Å². The summed E-state index contributed by atoms with van der Waals surface area (Å²) in [5.74, 6) is -0.827. The van der Waals surface area contributed by atoms with Crippen molar-refractivity contribution < 1.29 is 15.0 Å². The Hall–Kier alpha value is -0.610. The topological polar surface area (TPSA) is 69.6 Å². The van der Waals surface area contributed by atoms with Crippen LogP contribution in [0.2, 0.25) is 0 Å². The number of aliphatic carboxylic acids is 1. The van der Waals surface area contributed by atoms with Gasteiger partial charge in [-0.1, -0.05) is 13.8 Å². The lowest BCUT2D eigenvalue weighted by atomic mass is 9.85. The van der Waals surface area contributed by atoms with Crippen LogP contribution in [0.3, 0.4) is 0 Å². The summed E-state index contributed by atoms with van der Waals surface area (Å²) in [7, 11) is 0. The third-order valence-corrected chi connectivity index (χ3v) is 4.11. The fourth-order valence-electron chi connectivity index (χ4n) is 2.38. The number of carboxylic acids is 1. The second-order valence-corrected chi connectivity index (χ2v) is 5.20. The first kappa shape index (κ1) is 14.5. The highest BCUT2D eigenvalue weighted by Crippen LogP contribution is 2.25. The largest absolute Gasteiger partial charge is 0.481 e. The lowest BCUT2D eigenvalue weighted by molar-refractivity contribution is -0.142. The number of carbonyl (C=O) groups is 1. The van der Waals surface area contributed by atoms with E-state index in [4.69, 9.17) is 5.11 Å². The highest BCUT2D eigenvalue weighted by Gasteiger charge is 2.28. The smallest absolute Gasteiger partial charge is 0.306 e. The SMILES string of the molecule is CCC(O)(CC)CNC1CCC(C(=O)O)CC1. The monoisotopic (exact) mass is 243 g/mol. The van der Waals surface area contributed by atoms with E-state index in [1.165, 1.54) is 0 Å². The maximum atomic E-state index is 10.8. The molecule has 100 valence electrons. The van der Waals surface area contributed by atoms with Crippen molar-refractivity contribution in [1.29, 1.82) is 0 Å². The summed E-state index contributed by atoms with van der Waals surface area (Å²) in [6.45, 7) is 4.60. The molecule has 0 aliphatic heterocycles. The summed E-state index contributed by atoms with van der Waals surface area (Å²) in [5, 5.41) is 22.4. The zero-order chi connectivity index (χ0) is 12.9. The van der Waals surface area contributed by atoms with Gasteiger partial charge in [0.15, 0.2) is 0 Å². The second kappa shape index (κ2) is 6.36. The molecule has 0 atom stereocenters. The summed E-state index contributed by atoms with van der Waals surface area (Å²) >= 11 is 0. The Morgan fingerprint density at radius 3 is 2.18 bits per heavy atom. The molecule has 0 aromatic carbocycles. The lowest BCUT2D eigenvalue weighted by Gasteiger charge is -2.31. The minimum atomic E-state index is -0.665. The average Bonchev–Trinajstić information content (AvgIpc) is 2.36. The van der Waals surface area contributed by atoms with Crippen molar-refractivity contribution in [1.82, 2.24) is 5.32 Å². The highest BCUT2D eigenvalue weighted by molar-refractivity contribution is 5.70. The van der Waals surface area contributed by atoms with Crippen molar-refractivity contribution >= 4 is 5.97 Å². The molecule has 0 heterocycles. The summed E-state index contributed by atoms with van der Waals surface area (Å²) in [6, 6.07) is 0.371. The van der Waals surface area contributed by atoms with Crippen molar-refractivity contribution in [3.63, 3.8) is 0 Å². The van der Waals surface area contributed by atoms with E-state index >= 15 is 0 Å². The normalized spacial score (nSPS) is 25.8. The standard InChI is InChI=1S/C13H25NO3/c1-3-13(17,4-2)9-14-11-7-5-10(6-8-11)12(15)16/h10-11,14,17H,3-9H2,1-2H3,(H,15,16). The molecule has 1 aliphatic rings. The van der Waals surface area contributed by atoms with Gasteiger partial charge in [-0.2, -0.15) is 0 Å². The van der Waals surface area contributed by atoms with Gasteiger partial charge in [0.25, 0.3) is 0 Å². The van der Waals surface area contributed by atoms with Crippen LogP contribution in [0.4, 0.5) is 0 Å². The average molecular weight is 243 g/mol. The van der Waals surface area contributed by atoms with Crippen molar-refractivity contribution in [3.8, 4) is 0 Å². The third kappa shape index (κ3) is 4.28. The Morgan fingerprint density at radius 1 is 1.24 bits per heavy atom. The van der Waals surface area contributed by atoms with Crippen LogP contribution in [0.25, 0.3) is 0 Å². The molecule has 1 saturated carbocycles. The predicted octanol–water partition coefficient (Wildman–Crippen LogP) is 1.77. The summed E-state index contributed by atoms with van der Waals surface area (Å²) in [6.07, 6.45) is 4.82. The first-order chi connectivity index (χ1) is 8.00. The summed E-state index contributed by atoms with van der Waals surface area (Å²) in [4.78, 5) is 10.8. The molecule has 0 aromatic rings. The maximum absolute atomic E-state index is 10.8. The van der Waals surface area contributed by atoms with Crippen molar-refractivity contribution in [2.24, 2.45) is 5.92 Å². The molecular weight excluding hydrogens is 218 g/mol. The van der Waals surface area contributed by atoms with Gasteiger partial charge in [-0.05, 0) is 38.5 Å². The van der Waals surface area contributed by atoms with Gasteiger partial charge in [-0.15, -0.1) is 0 Å². The number of hydrogen-bond donors (Lipinski definition) is 3. The van der Waals surface area contributed by atoms with Crippen LogP contribution in [0, 0.1) is 5.92 Å². The fourth-order valence-corrected chi connectivity index (χ4v) is 2.38. The second-order valence-electron chi connectivity index (χ2n) is 5.20. The maximum Gasteiger partial charge on any atom is 0.306 e. The Balaban J connectivity index is 2.29. The molecule has 17 heavy (non-hydrogen) atoms. The molecule has 4 heteroatoms. The van der Waals surface area contributed by atoms with Crippen LogP contribution in [0.15, 0.2) is 0 Å². The molecule has 0 saturated heterocycles. The van der Waals surface area contributed by atoms with E-state index < -0.39 is 11.6 Å². The summed E-state index contributed by atoms with van der Waals surface area (Å²) < 4.78 is 0. The van der Waals surface area contributed by atoms with Crippen LogP contribution in [-0.4, -0.2) is 34.4 Å². The molecule has 1 aliphatic carbocycles. The number of hydrogen-bond acceptors (Lipinski definition) is 3. The van der Waals surface area contributed by atoms with Gasteiger partial charge < -0.3 is 15.5 Å². The minimum Gasteiger partial charge on any atom is -0.481 e. The molecule has 0 amide bonds. The van der Waals surface area contributed by atoms with E-state index in [0.29, 0.717) is 12.6 Å². The predicted molar refractivity (Wildman–Crippen MR) is 66.9 cm³/mol. The Labute approximate surface area is 103 Å². The van der Waals surface area contributed by atoms with Crippen LogP contribution in [0.1, 0.15) is 52.4 Å². The first-order valence-corrected chi connectivity index (χ1v) is 6.69. The van der Waals surface area contributed by atoms with Gasteiger partial charge in [0.1, 0.15) is 0 Å². The van der Waals surface area contributed by atoms with Crippen LogP contribution in [-0.2, 0) is 4.79 Å². The van der Waals surface area contributed by atoms with E-state index in [0.717, 1.165) is 38.5 Å². The number of rotatable bonds is 6. The number of nitrogens with one attached hydrogen (secondary N) is 1. The van der Waals surface area contributed by atoms with Gasteiger partial charge in [0, 0.05) is 12.6 Å². The number of carboxylic acid groups (broad SMARTS) is 1. The van der Waals surface area contributed by atoms with Crippen molar-refractivity contribution in [3.05, 3.63) is 0 Å². The number of aliphatic hydroxyl groups is 1. The molecule has 0 unspecified atom stereocenters. The quantitative estimate of drug-likeness (QED) is 0.665. The molecule has 3 N–H and O–H groups in total. The van der Waals surface area contributed by atoms with Crippen LogP contribution < -0.4 is 5.32 Å². The van der Waals surface area contributed by atoms with E-state index in [2.05, 4.69) is 5.32 Å². The van der Waals surface area contributed by atoms with Crippen molar-refractivity contribution in [2.75, 3.05) is 6.54 Å². The van der Waals surface area contributed by atoms with Crippen LogP contribution in [0.5, 0.6) is 0 Å². The minimum absolute atomic E-state index is 0.163. The molecule has 1 fully saturated rings. The van der Waals surface area contributed by atoms with Gasteiger partial charge in [-0.25, -0.2) is 0 Å². The molecule has 0 aromatic heterocycles. The van der Waals surface area contributed by atoms with E-state index in [9.17, 15) is 9.90 Å².